The third kappa shape index (κ3) is 3.90. The molecule has 0 radical (unpaired) electrons. The zero-order valence-electron chi connectivity index (χ0n) is 19.9. The first kappa shape index (κ1) is 23.7. The molecule has 2 aromatic heterocycles. The van der Waals surface area contributed by atoms with E-state index in [2.05, 4.69) is 5.10 Å². The fraction of sp³-hybridized carbons (Fsp3) is 0.308. The van der Waals surface area contributed by atoms with Crippen LogP contribution in [0.15, 0.2) is 48.8 Å². The Morgan fingerprint density at radius 2 is 1.82 bits per heavy atom. The van der Waals surface area contributed by atoms with Gasteiger partial charge in [-0.05, 0) is 56.3 Å². The van der Waals surface area contributed by atoms with E-state index in [1.54, 1.807) is 48.9 Å². The molecule has 0 aliphatic carbocycles. The minimum Gasteiger partial charge on any atom is -0.858 e. The molecule has 2 amide bonds. The monoisotopic (exact) mass is 478 g/mol. The number of hydrogen-bond acceptors (Lipinski definition) is 4. The molecule has 3 heterocycles. The van der Waals surface area contributed by atoms with Gasteiger partial charge in [0.05, 0.1) is 11.4 Å². The third-order valence-electron chi connectivity index (χ3n) is 5.86. The highest BCUT2D eigenvalue weighted by molar-refractivity contribution is 6.45. The summed E-state index contributed by atoms with van der Waals surface area (Å²) in [4.78, 5) is 28.4. The van der Waals surface area contributed by atoms with Gasteiger partial charge in [0.1, 0.15) is 5.57 Å². The molecular formula is C26H27ClN4O3. The second-order valence-corrected chi connectivity index (χ2v) is 9.32. The summed E-state index contributed by atoms with van der Waals surface area (Å²) in [5.74, 6) is -1.55. The van der Waals surface area contributed by atoms with Crippen LogP contribution < -0.4 is 9.67 Å². The predicted octanol–water partition coefficient (Wildman–Crippen LogP) is 3.72. The third-order valence-corrected chi connectivity index (χ3v) is 6.09. The van der Waals surface area contributed by atoms with Crippen molar-refractivity contribution < 1.29 is 19.3 Å². The Bertz CT molecular complexity index is 1320. The number of hydrogen-bond donors (Lipinski definition) is 0. The highest BCUT2D eigenvalue weighted by Crippen LogP contribution is 2.39. The average molecular weight is 479 g/mol. The molecule has 34 heavy (non-hydrogen) atoms. The number of halogens is 1. The van der Waals surface area contributed by atoms with Crippen LogP contribution in [0.4, 0.5) is 0 Å². The molecule has 0 fully saturated rings. The number of pyridine rings is 1. The molecule has 1 aliphatic rings. The van der Waals surface area contributed by atoms with Gasteiger partial charge in [-0.2, -0.15) is 9.67 Å². The number of rotatable bonds is 6. The van der Waals surface area contributed by atoms with E-state index in [-0.39, 0.29) is 28.8 Å². The van der Waals surface area contributed by atoms with Crippen molar-refractivity contribution in [3.05, 3.63) is 70.6 Å². The second kappa shape index (κ2) is 9.06. The van der Waals surface area contributed by atoms with E-state index in [4.69, 9.17) is 11.6 Å². The van der Waals surface area contributed by atoms with Gasteiger partial charge in [-0.15, -0.1) is 0 Å². The Morgan fingerprint density at radius 1 is 1.09 bits per heavy atom. The summed E-state index contributed by atoms with van der Waals surface area (Å²) in [7, 11) is 0. The number of aryl methyl sites for hydroxylation is 1. The molecule has 0 atom stereocenters. The summed E-state index contributed by atoms with van der Waals surface area (Å²) >= 11 is 6.15. The molecule has 3 aromatic rings. The van der Waals surface area contributed by atoms with Gasteiger partial charge in [-0.1, -0.05) is 38.4 Å². The van der Waals surface area contributed by atoms with Crippen LogP contribution in [0.2, 0.25) is 5.02 Å². The highest BCUT2D eigenvalue weighted by atomic mass is 35.5. The number of nitrogens with zero attached hydrogens (tertiary/aromatic N) is 4. The first-order valence-electron chi connectivity index (χ1n) is 11.3. The van der Waals surface area contributed by atoms with Crippen molar-refractivity contribution in [2.45, 2.75) is 53.0 Å². The zero-order valence-corrected chi connectivity index (χ0v) is 20.6. The number of aromatic nitrogens is 3. The molecule has 0 saturated carbocycles. The molecule has 176 valence electrons. The summed E-state index contributed by atoms with van der Waals surface area (Å²) in [5.41, 5.74) is 2.35. The molecule has 0 bridgehead atoms. The lowest BCUT2D eigenvalue weighted by Crippen LogP contribution is -2.42. The number of carbonyl (C=O) groups excluding carboxylic acids is 2. The van der Waals surface area contributed by atoms with E-state index >= 15 is 0 Å². The van der Waals surface area contributed by atoms with Gasteiger partial charge in [0, 0.05) is 28.3 Å². The first-order valence-corrected chi connectivity index (χ1v) is 11.7. The van der Waals surface area contributed by atoms with Gasteiger partial charge in [-0.25, -0.2) is 4.68 Å². The summed E-state index contributed by atoms with van der Waals surface area (Å²) < 4.78 is 2.90. The molecule has 0 spiro atoms. The van der Waals surface area contributed by atoms with Gasteiger partial charge >= 0.3 is 5.91 Å². The van der Waals surface area contributed by atoms with E-state index in [9.17, 15) is 14.7 Å². The van der Waals surface area contributed by atoms with Crippen molar-refractivity contribution in [2.75, 3.05) is 0 Å². The molecule has 0 N–H and O–H groups in total. The van der Waals surface area contributed by atoms with Crippen LogP contribution in [0, 0.1) is 0 Å². The van der Waals surface area contributed by atoms with Crippen LogP contribution >= 0.6 is 11.6 Å². The van der Waals surface area contributed by atoms with E-state index in [1.165, 1.54) is 9.58 Å². The summed E-state index contributed by atoms with van der Waals surface area (Å²) in [6.45, 7) is 9.37. The van der Waals surface area contributed by atoms with Crippen LogP contribution in [0.1, 0.15) is 57.4 Å². The average Bonchev–Trinajstić information content (AvgIpc) is 3.26. The molecule has 4 rings (SSSR count). The van der Waals surface area contributed by atoms with Crippen LogP contribution in [-0.4, -0.2) is 32.5 Å². The van der Waals surface area contributed by atoms with Crippen molar-refractivity contribution in [3.8, 4) is 11.6 Å². The van der Waals surface area contributed by atoms with Gasteiger partial charge in [0.15, 0.2) is 12.4 Å². The first-order chi connectivity index (χ1) is 16.1. The summed E-state index contributed by atoms with van der Waals surface area (Å²) in [5, 5.41) is 18.8. The number of imide groups is 1. The lowest BCUT2D eigenvalue weighted by molar-refractivity contribution is -0.577. The van der Waals surface area contributed by atoms with Gasteiger partial charge in [-0.3, -0.25) is 14.5 Å². The molecule has 0 saturated heterocycles. The second-order valence-electron chi connectivity index (χ2n) is 8.88. The smallest absolute Gasteiger partial charge is 0.327 e. The topological polar surface area (TPSA) is 82.1 Å². The van der Waals surface area contributed by atoms with Crippen LogP contribution in [0.5, 0.6) is 5.88 Å². The lowest BCUT2D eigenvalue weighted by atomic mass is 9.98. The summed E-state index contributed by atoms with van der Waals surface area (Å²) in [6, 6.07) is 10.2. The summed E-state index contributed by atoms with van der Waals surface area (Å²) in [6.07, 6.45) is 4.31. The van der Waals surface area contributed by atoms with Crippen molar-refractivity contribution in [1.29, 1.82) is 0 Å². The Morgan fingerprint density at radius 3 is 2.44 bits per heavy atom. The van der Waals surface area contributed by atoms with E-state index in [1.807, 2.05) is 39.1 Å². The van der Waals surface area contributed by atoms with E-state index in [0.29, 0.717) is 16.4 Å². The van der Waals surface area contributed by atoms with Crippen LogP contribution in [0.25, 0.3) is 17.0 Å². The standard InChI is InChI=1S/C26H27ClN4O3/c1-6-17-9-8-12-29(14-17)23-21(24(32)30(16(4)5)26(23)34)20-22(15(2)3)28-31(25(20)33)19-11-7-10-18(27)13-19/h7-16H,6H2,1-5H3. The lowest BCUT2D eigenvalue weighted by Gasteiger charge is -2.19. The van der Waals surface area contributed by atoms with Crippen molar-refractivity contribution in [3.63, 3.8) is 0 Å². The van der Waals surface area contributed by atoms with Crippen LogP contribution in [0.3, 0.4) is 0 Å². The zero-order chi connectivity index (χ0) is 24.7. The largest absolute Gasteiger partial charge is 0.858 e. The number of amides is 2. The van der Waals surface area contributed by atoms with Gasteiger partial charge < -0.3 is 5.11 Å². The maximum Gasteiger partial charge on any atom is 0.327 e. The SMILES string of the molecule is CCc1ccc[n+](C2=C(c3c(C(C)C)nn(-c4cccc(Cl)c4)c3[O-])C(=O)N(C(C)C)C2=O)c1. The fourth-order valence-corrected chi connectivity index (χ4v) is 4.37. The minimum absolute atomic E-state index is 0.0823. The van der Waals surface area contributed by atoms with Crippen molar-refractivity contribution in [1.82, 2.24) is 14.7 Å². The van der Waals surface area contributed by atoms with Crippen LogP contribution in [-0.2, 0) is 16.0 Å². The fourth-order valence-electron chi connectivity index (χ4n) is 4.18. The maximum atomic E-state index is 13.8. The molecule has 1 aromatic carbocycles. The minimum atomic E-state index is -0.492. The molecule has 7 nitrogen and oxygen atoms in total. The quantitative estimate of drug-likeness (QED) is 0.399. The van der Waals surface area contributed by atoms with Crippen molar-refractivity contribution in [2.24, 2.45) is 0 Å². The van der Waals surface area contributed by atoms with Gasteiger partial charge in [0.25, 0.3) is 11.6 Å². The molecular weight excluding hydrogens is 452 g/mol. The van der Waals surface area contributed by atoms with E-state index in [0.717, 1.165) is 12.0 Å². The Hall–Kier alpha value is -3.45. The highest BCUT2D eigenvalue weighted by Gasteiger charge is 2.48. The van der Waals surface area contributed by atoms with E-state index < -0.39 is 17.7 Å². The number of benzene rings is 1. The molecule has 0 unspecified atom stereocenters. The maximum absolute atomic E-state index is 13.8. The number of carbonyl (C=O) groups is 2. The Balaban J connectivity index is 2.05. The predicted molar refractivity (Wildman–Crippen MR) is 128 cm³/mol. The van der Waals surface area contributed by atoms with Gasteiger partial charge in [0.2, 0.25) is 0 Å². The molecule has 8 heteroatoms. The Labute approximate surface area is 203 Å². The normalized spacial score (nSPS) is 14.3. The Kier molecular flexibility index (Phi) is 6.32. The molecule has 1 aliphatic heterocycles. The van der Waals surface area contributed by atoms with Crippen molar-refractivity contribution >= 4 is 34.7 Å².